The fourth-order valence-corrected chi connectivity index (χ4v) is 1.82. The molecule has 0 fully saturated rings. The van der Waals surface area contributed by atoms with Crippen molar-refractivity contribution < 1.29 is 19.5 Å². The molecule has 0 unspecified atom stereocenters. The molecule has 1 heterocycles. The number of carbonyl (C=O) groups excluding carboxylic acids is 1. The van der Waals surface area contributed by atoms with Gasteiger partial charge >= 0.3 is 0 Å². The highest BCUT2D eigenvalue weighted by Crippen LogP contribution is 2.32. The number of rotatable bonds is 6. The number of oxime groups is 1. The van der Waals surface area contributed by atoms with Crippen molar-refractivity contribution in [1.29, 1.82) is 0 Å². The summed E-state index contributed by atoms with van der Waals surface area (Å²) in [5.41, 5.74) is 5.88. The van der Waals surface area contributed by atoms with Gasteiger partial charge in [0.1, 0.15) is 5.84 Å². The number of unbranched alkanes of at least 4 members (excludes halogenated alkanes) is 1. The molecule has 4 N–H and O–H groups in total. The fraction of sp³-hybridized carbons (Fsp3) is 0.385. The van der Waals surface area contributed by atoms with E-state index in [2.05, 4.69) is 10.5 Å². The average molecular weight is 279 g/mol. The molecule has 0 bridgehead atoms. The number of hydrogen-bond donors (Lipinski definition) is 3. The van der Waals surface area contributed by atoms with Gasteiger partial charge in [-0.1, -0.05) is 5.16 Å². The van der Waals surface area contributed by atoms with Gasteiger partial charge in [-0.2, -0.15) is 0 Å². The van der Waals surface area contributed by atoms with Crippen LogP contribution in [0, 0.1) is 0 Å². The number of nitrogens with two attached hydrogens (primary N) is 1. The van der Waals surface area contributed by atoms with Gasteiger partial charge in [0.05, 0.1) is 0 Å². The monoisotopic (exact) mass is 279 g/mol. The third-order valence-electron chi connectivity index (χ3n) is 2.91. The van der Waals surface area contributed by atoms with E-state index in [1.807, 2.05) is 0 Å². The average Bonchev–Trinajstić information content (AvgIpc) is 2.93. The molecule has 1 aromatic carbocycles. The second-order valence-electron chi connectivity index (χ2n) is 4.37. The molecule has 1 amide bonds. The molecule has 1 aromatic rings. The van der Waals surface area contributed by atoms with E-state index in [9.17, 15) is 4.79 Å². The van der Waals surface area contributed by atoms with Crippen molar-refractivity contribution in [3.63, 3.8) is 0 Å². The number of nitrogens with one attached hydrogen (secondary N) is 1. The van der Waals surface area contributed by atoms with Crippen LogP contribution in [0.5, 0.6) is 11.5 Å². The quantitative estimate of drug-likeness (QED) is 0.237. The van der Waals surface area contributed by atoms with Crippen LogP contribution >= 0.6 is 0 Å². The lowest BCUT2D eigenvalue weighted by Gasteiger charge is -2.05. The van der Waals surface area contributed by atoms with Crippen molar-refractivity contribution in [2.75, 3.05) is 13.3 Å². The van der Waals surface area contributed by atoms with Gasteiger partial charge in [0.25, 0.3) is 5.91 Å². The van der Waals surface area contributed by atoms with E-state index in [1.165, 1.54) is 0 Å². The highest BCUT2D eigenvalue weighted by molar-refractivity contribution is 5.94. The van der Waals surface area contributed by atoms with E-state index in [4.69, 9.17) is 20.4 Å². The Labute approximate surface area is 116 Å². The first-order valence-corrected chi connectivity index (χ1v) is 6.35. The molecule has 0 aliphatic carbocycles. The Kier molecular flexibility index (Phi) is 4.65. The fourth-order valence-electron chi connectivity index (χ4n) is 1.82. The van der Waals surface area contributed by atoms with Crippen LogP contribution in [0.3, 0.4) is 0 Å². The number of amidine groups is 1. The molecule has 1 aliphatic heterocycles. The van der Waals surface area contributed by atoms with Crippen LogP contribution in [0.15, 0.2) is 23.4 Å². The largest absolute Gasteiger partial charge is 0.454 e. The number of fused-ring (bicyclic) bond motifs is 1. The maximum atomic E-state index is 11.9. The Morgan fingerprint density at radius 1 is 1.35 bits per heavy atom. The summed E-state index contributed by atoms with van der Waals surface area (Å²) in [6, 6.07) is 5.07. The Balaban J connectivity index is 1.75. The van der Waals surface area contributed by atoms with Crippen molar-refractivity contribution in [2.24, 2.45) is 10.9 Å². The second kappa shape index (κ2) is 6.65. The van der Waals surface area contributed by atoms with E-state index < -0.39 is 0 Å². The van der Waals surface area contributed by atoms with Gasteiger partial charge < -0.3 is 25.7 Å². The van der Waals surface area contributed by atoms with Gasteiger partial charge in [0, 0.05) is 18.5 Å². The third-order valence-corrected chi connectivity index (χ3v) is 2.91. The Bertz CT molecular complexity index is 516. The lowest BCUT2D eigenvalue weighted by Crippen LogP contribution is -2.24. The standard InChI is InChI=1S/C13H17N3O4/c14-12(16-18)3-1-2-6-15-13(17)9-4-5-10-11(7-9)20-8-19-10/h4-5,7,18H,1-3,6,8H2,(H2,14,16)(H,15,17). The molecule has 0 atom stereocenters. The van der Waals surface area contributed by atoms with Gasteiger partial charge in [-0.25, -0.2) is 0 Å². The van der Waals surface area contributed by atoms with Crippen molar-refractivity contribution in [3.05, 3.63) is 23.8 Å². The zero-order chi connectivity index (χ0) is 14.4. The minimum atomic E-state index is -0.160. The molecular formula is C13H17N3O4. The highest BCUT2D eigenvalue weighted by Gasteiger charge is 2.15. The highest BCUT2D eigenvalue weighted by atomic mass is 16.7. The van der Waals surface area contributed by atoms with Gasteiger partial charge in [-0.3, -0.25) is 4.79 Å². The summed E-state index contributed by atoms with van der Waals surface area (Å²) in [5.74, 6) is 1.28. The molecular weight excluding hydrogens is 262 g/mol. The molecule has 7 nitrogen and oxygen atoms in total. The summed E-state index contributed by atoms with van der Waals surface area (Å²) in [5, 5.41) is 14.1. The number of carbonyl (C=O) groups is 1. The maximum absolute atomic E-state index is 11.9. The smallest absolute Gasteiger partial charge is 0.251 e. The van der Waals surface area contributed by atoms with Crippen LogP contribution in [0.1, 0.15) is 29.6 Å². The summed E-state index contributed by atoms with van der Waals surface area (Å²) >= 11 is 0. The van der Waals surface area contributed by atoms with Gasteiger partial charge in [0.15, 0.2) is 11.5 Å². The molecule has 0 saturated carbocycles. The van der Waals surface area contributed by atoms with E-state index >= 15 is 0 Å². The number of ether oxygens (including phenoxy) is 2. The summed E-state index contributed by atoms with van der Waals surface area (Å²) in [6.07, 6.45) is 2.01. The molecule has 108 valence electrons. The van der Waals surface area contributed by atoms with Crippen LogP contribution in [0.25, 0.3) is 0 Å². The minimum Gasteiger partial charge on any atom is -0.454 e. The number of amides is 1. The third kappa shape index (κ3) is 3.53. The normalized spacial score (nSPS) is 13.3. The van der Waals surface area contributed by atoms with Gasteiger partial charge in [-0.15, -0.1) is 0 Å². The molecule has 2 rings (SSSR count). The predicted octanol–water partition coefficient (Wildman–Crippen LogP) is 1.06. The van der Waals surface area contributed by atoms with Crippen molar-refractivity contribution in [2.45, 2.75) is 19.3 Å². The maximum Gasteiger partial charge on any atom is 0.251 e. The topological polar surface area (TPSA) is 106 Å². The first-order chi connectivity index (χ1) is 9.70. The van der Waals surface area contributed by atoms with E-state index in [1.54, 1.807) is 18.2 Å². The molecule has 1 aliphatic rings. The summed E-state index contributed by atoms with van der Waals surface area (Å²) in [4.78, 5) is 11.9. The zero-order valence-corrected chi connectivity index (χ0v) is 11.0. The minimum absolute atomic E-state index is 0.160. The van der Waals surface area contributed by atoms with Crippen molar-refractivity contribution in [1.82, 2.24) is 5.32 Å². The number of benzene rings is 1. The summed E-state index contributed by atoms with van der Waals surface area (Å²) in [6.45, 7) is 0.722. The molecule has 0 saturated heterocycles. The molecule has 20 heavy (non-hydrogen) atoms. The van der Waals surface area contributed by atoms with E-state index in [-0.39, 0.29) is 18.5 Å². The van der Waals surface area contributed by atoms with Crippen LogP contribution in [0.2, 0.25) is 0 Å². The van der Waals surface area contributed by atoms with Crippen molar-refractivity contribution in [3.8, 4) is 11.5 Å². The first-order valence-electron chi connectivity index (χ1n) is 6.35. The lowest BCUT2D eigenvalue weighted by molar-refractivity contribution is 0.0952. The summed E-state index contributed by atoms with van der Waals surface area (Å²) in [7, 11) is 0. The summed E-state index contributed by atoms with van der Waals surface area (Å²) < 4.78 is 10.4. The zero-order valence-electron chi connectivity index (χ0n) is 11.0. The van der Waals surface area contributed by atoms with Crippen LogP contribution in [0.4, 0.5) is 0 Å². The van der Waals surface area contributed by atoms with Crippen LogP contribution < -0.4 is 20.5 Å². The molecule has 0 spiro atoms. The molecule has 7 heteroatoms. The Morgan fingerprint density at radius 3 is 2.95 bits per heavy atom. The van der Waals surface area contributed by atoms with E-state index in [0.717, 1.165) is 12.8 Å². The lowest BCUT2D eigenvalue weighted by atomic mass is 10.2. The Morgan fingerprint density at radius 2 is 2.15 bits per heavy atom. The van der Waals surface area contributed by atoms with Crippen molar-refractivity contribution >= 4 is 11.7 Å². The van der Waals surface area contributed by atoms with Crippen LogP contribution in [-0.2, 0) is 0 Å². The van der Waals surface area contributed by atoms with Crippen LogP contribution in [-0.4, -0.2) is 30.3 Å². The molecule has 0 aromatic heterocycles. The Hall–Kier alpha value is -2.44. The molecule has 0 radical (unpaired) electrons. The second-order valence-corrected chi connectivity index (χ2v) is 4.37. The van der Waals surface area contributed by atoms with Gasteiger partial charge in [-0.05, 0) is 31.0 Å². The SMILES string of the molecule is NC(CCCCNC(=O)c1ccc2c(c1)OCO2)=NO. The van der Waals surface area contributed by atoms with Gasteiger partial charge in [0.2, 0.25) is 6.79 Å². The number of nitrogens with zero attached hydrogens (tertiary/aromatic N) is 1. The van der Waals surface area contributed by atoms with E-state index in [0.29, 0.717) is 30.0 Å². The number of hydrogen-bond acceptors (Lipinski definition) is 5. The predicted molar refractivity (Wildman–Crippen MR) is 72.2 cm³/mol. The first kappa shape index (κ1) is 14.0.